The van der Waals surface area contributed by atoms with Gasteiger partial charge in [0, 0.05) is 43.9 Å². The van der Waals surface area contributed by atoms with E-state index < -0.39 is 0 Å². The molecule has 274 valence electrons. The van der Waals surface area contributed by atoms with Gasteiger partial charge in [-0.3, -0.25) is 0 Å². The smallest absolute Gasteiger partial charge is 0.160 e. The molecule has 0 fully saturated rings. The number of para-hydroxylation sites is 1. The first-order valence-electron chi connectivity index (χ1n) is 20.0. The van der Waals surface area contributed by atoms with Crippen molar-refractivity contribution in [3.8, 4) is 33.4 Å². The normalized spacial score (nSPS) is 13.1. The summed E-state index contributed by atoms with van der Waals surface area (Å²) in [6, 6.07) is 67.7. The van der Waals surface area contributed by atoms with Gasteiger partial charge in [0.1, 0.15) is 16.7 Å². The second-order valence-electron chi connectivity index (χ2n) is 16.1. The van der Waals surface area contributed by atoms with Crippen molar-refractivity contribution >= 4 is 71.7 Å². The van der Waals surface area contributed by atoms with Crippen LogP contribution < -0.4 is 4.90 Å². The number of benzene rings is 9. The van der Waals surface area contributed by atoms with Crippen LogP contribution in [0.15, 0.2) is 197 Å². The monoisotopic (exact) mass is 743 g/mol. The van der Waals surface area contributed by atoms with Gasteiger partial charge in [-0.05, 0) is 104 Å². The first-order chi connectivity index (χ1) is 28.5. The Morgan fingerprint density at radius 3 is 1.90 bits per heavy atom. The minimum absolute atomic E-state index is 0.175. The summed E-state index contributed by atoms with van der Waals surface area (Å²) < 4.78 is 13.6. The molecule has 1 aliphatic carbocycles. The van der Waals surface area contributed by atoms with Crippen molar-refractivity contribution in [2.24, 2.45) is 0 Å². The molecule has 3 nitrogen and oxygen atoms in total. The fraction of sp³-hybridized carbons (Fsp3) is 0.0545. The summed E-state index contributed by atoms with van der Waals surface area (Å²) in [7, 11) is 0. The molecule has 11 aromatic rings. The van der Waals surface area contributed by atoms with Crippen LogP contribution in [0.5, 0.6) is 0 Å². The van der Waals surface area contributed by atoms with Crippen LogP contribution in [0.2, 0.25) is 0 Å². The van der Waals surface area contributed by atoms with Crippen LogP contribution in [0.25, 0.3) is 88.0 Å². The molecule has 1 aliphatic rings. The predicted molar refractivity (Wildman–Crippen MR) is 242 cm³/mol. The fourth-order valence-corrected chi connectivity index (χ4v) is 9.62. The Balaban J connectivity index is 1.18. The lowest BCUT2D eigenvalue weighted by molar-refractivity contribution is 0.660. The van der Waals surface area contributed by atoms with Crippen LogP contribution in [0.1, 0.15) is 25.0 Å². The molecule has 0 atom stereocenters. The molecule has 0 radical (unpaired) electrons. The van der Waals surface area contributed by atoms with Gasteiger partial charge in [0.15, 0.2) is 5.58 Å². The first-order valence-corrected chi connectivity index (χ1v) is 20.0. The zero-order chi connectivity index (χ0) is 38.5. The maximum absolute atomic E-state index is 7.18. The van der Waals surface area contributed by atoms with Gasteiger partial charge in [-0.15, -0.1) is 0 Å². The van der Waals surface area contributed by atoms with Crippen LogP contribution in [0, 0.1) is 0 Å². The number of rotatable bonds is 5. The molecule has 0 bridgehead atoms. The molecule has 2 aromatic heterocycles. The van der Waals surface area contributed by atoms with Crippen molar-refractivity contribution < 1.29 is 8.83 Å². The molecule has 0 aliphatic heterocycles. The third-order valence-corrected chi connectivity index (χ3v) is 12.5. The van der Waals surface area contributed by atoms with Gasteiger partial charge >= 0.3 is 0 Å². The number of nitrogens with zero attached hydrogens (tertiary/aromatic N) is 1. The minimum atomic E-state index is -0.175. The summed E-state index contributed by atoms with van der Waals surface area (Å²) in [5.41, 5.74) is 16.1. The van der Waals surface area contributed by atoms with Gasteiger partial charge in [0.25, 0.3) is 0 Å². The second kappa shape index (κ2) is 12.3. The highest BCUT2D eigenvalue weighted by molar-refractivity contribution is 6.27. The van der Waals surface area contributed by atoms with E-state index in [-0.39, 0.29) is 5.41 Å². The number of anilines is 3. The molecule has 58 heavy (non-hydrogen) atoms. The third kappa shape index (κ3) is 4.80. The van der Waals surface area contributed by atoms with Crippen molar-refractivity contribution in [1.82, 2.24) is 0 Å². The molecule has 3 heteroatoms. The topological polar surface area (TPSA) is 29.5 Å². The Kier molecular flexibility index (Phi) is 6.98. The van der Waals surface area contributed by atoms with E-state index in [0.29, 0.717) is 0 Å². The molecule has 12 rings (SSSR count). The highest BCUT2D eigenvalue weighted by Gasteiger charge is 2.36. The summed E-state index contributed by atoms with van der Waals surface area (Å²) in [6.45, 7) is 4.70. The highest BCUT2D eigenvalue weighted by atomic mass is 16.3. The molecule has 9 aromatic carbocycles. The maximum atomic E-state index is 7.18. The van der Waals surface area contributed by atoms with Crippen LogP contribution in [0.4, 0.5) is 17.1 Å². The quantitative estimate of drug-likeness (QED) is 0.176. The molecule has 2 heterocycles. The fourth-order valence-electron chi connectivity index (χ4n) is 9.62. The standard InChI is InChI=1S/C55H37NO2/c1-55(2)46-18-10-8-16-42(46)43-27-26-40(33-47(43)55)56(39-24-22-36(23-25-39)34-12-4-3-5-13-34)53-41(38-21-20-35-14-6-7-15-37(35)32-38)28-29-45-52-50(58-54(45)53)31-30-49-51(52)44-17-9-11-19-48(44)57-49/h3-33H,1-2H3. The van der Waals surface area contributed by atoms with E-state index in [1.165, 1.54) is 44.2 Å². The molecule has 0 saturated carbocycles. The van der Waals surface area contributed by atoms with Gasteiger partial charge in [-0.2, -0.15) is 0 Å². The predicted octanol–water partition coefficient (Wildman–Crippen LogP) is 15.7. The SMILES string of the molecule is CC1(C)c2ccccc2-c2ccc(N(c3ccc(-c4ccccc4)cc3)c3c(-c4ccc5ccccc5c4)ccc4c3oc3ccc5oc6ccccc6c5c34)cc21. The Hall–Kier alpha value is -7.36. The lowest BCUT2D eigenvalue weighted by Crippen LogP contribution is -2.17. The van der Waals surface area contributed by atoms with Crippen LogP contribution in [-0.2, 0) is 5.41 Å². The second-order valence-corrected chi connectivity index (χ2v) is 16.1. The van der Waals surface area contributed by atoms with Crippen molar-refractivity contribution in [2.75, 3.05) is 4.90 Å². The highest BCUT2D eigenvalue weighted by Crippen LogP contribution is 2.53. The van der Waals surface area contributed by atoms with E-state index >= 15 is 0 Å². The molecule has 0 saturated heterocycles. The molecule has 0 N–H and O–H groups in total. The van der Waals surface area contributed by atoms with Crippen LogP contribution >= 0.6 is 0 Å². The van der Waals surface area contributed by atoms with E-state index in [9.17, 15) is 0 Å². The van der Waals surface area contributed by atoms with Crippen molar-refractivity contribution in [1.29, 1.82) is 0 Å². The summed E-state index contributed by atoms with van der Waals surface area (Å²) in [6.07, 6.45) is 0. The van der Waals surface area contributed by atoms with Crippen LogP contribution in [0.3, 0.4) is 0 Å². The Morgan fingerprint density at radius 2 is 1.03 bits per heavy atom. The van der Waals surface area contributed by atoms with E-state index in [0.717, 1.165) is 72.1 Å². The average molecular weight is 744 g/mol. The zero-order valence-electron chi connectivity index (χ0n) is 32.2. The first kappa shape index (κ1) is 32.8. The van der Waals surface area contributed by atoms with E-state index in [1.807, 2.05) is 18.2 Å². The number of fused-ring (bicyclic) bond motifs is 11. The third-order valence-electron chi connectivity index (χ3n) is 12.5. The molecule has 0 amide bonds. The van der Waals surface area contributed by atoms with Crippen molar-refractivity contribution in [3.05, 3.63) is 199 Å². The molecular formula is C55H37NO2. The summed E-state index contributed by atoms with van der Waals surface area (Å²) in [4.78, 5) is 2.42. The zero-order valence-corrected chi connectivity index (χ0v) is 32.2. The van der Waals surface area contributed by atoms with Crippen molar-refractivity contribution in [2.45, 2.75) is 19.3 Å². The lowest BCUT2D eigenvalue weighted by atomic mass is 9.82. The van der Waals surface area contributed by atoms with E-state index in [4.69, 9.17) is 8.83 Å². The number of hydrogen-bond donors (Lipinski definition) is 0. The molecule has 0 unspecified atom stereocenters. The number of furan rings is 2. The van der Waals surface area contributed by atoms with Gasteiger partial charge in [0.05, 0.1) is 5.69 Å². The molecule has 0 spiro atoms. The Bertz CT molecular complexity index is 3420. The lowest BCUT2D eigenvalue weighted by Gasteiger charge is -2.30. The maximum Gasteiger partial charge on any atom is 0.160 e. The van der Waals surface area contributed by atoms with Gasteiger partial charge in [-0.1, -0.05) is 147 Å². The number of hydrogen-bond acceptors (Lipinski definition) is 3. The Morgan fingerprint density at radius 1 is 0.397 bits per heavy atom. The van der Waals surface area contributed by atoms with Crippen molar-refractivity contribution in [3.63, 3.8) is 0 Å². The van der Waals surface area contributed by atoms with E-state index in [2.05, 4.69) is 189 Å². The van der Waals surface area contributed by atoms with Gasteiger partial charge in [-0.25, -0.2) is 0 Å². The Labute approximate surface area is 336 Å². The van der Waals surface area contributed by atoms with Gasteiger partial charge in [0.2, 0.25) is 0 Å². The summed E-state index contributed by atoms with van der Waals surface area (Å²) >= 11 is 0. The van der Waals surface area contributed by atoms with Gasteiger partial charge < -0.3 is 13.7 Å². The molecular weight excluding hydrogens is 707 g/mol. The minimum Gasteiger partial charge on any atom is -0.456 e. The summed E-state index contributed by atoms with van der Waals surface area (Å²) in [5.74, 6) is 0. The average Bonchev–Trinajstić information content (AvgIpc) is 3.92. The summed E-state index contributed by atoms with van der Waals surface area (Å²) in [5, 5.41) is 6.67. The van der Waals surface area contributed by atoms with E-state index in [1.54, 1.807) is 0 Å². The largest absolute Gasteiger partial charge is 0.456 e. The van der Waals surface area contributed by atoms with Crippen LogP contribution in [-0.4, -0.2) is 0 Å².